The molecule has 0 N–H and O–H groups in total. The SMILES string of the molecule is COC(=O)C1=C(C)N=C(C)C(C(=O)OC)C1c1ccccc1-c1nc(-c2ccc(Cl)cc2Cl)cs1. The maximum Gasteiger partial charge on any atom is 0.336 e. The third kappa shape index (κ3) is 4.76. The number of allylic oxidation sites excluding steroid dienone is 1. The molecule has 1 aliphatic rings. The van der Waals surface area contributed by atoms with Crippen LogP contribution in [0.4, 0.5) is 0 Å². The Morgan fingerprint density at radius 2 is 1.74 bits per heavy atom. The minimum Gasteiger partial charge on any atom is -0.468 e. The molecule has 0 saturated carbocycles. The summed E-state index contributed by atoms with van der Waals surface area (Å²) in [6, 6.07) is 12.8. The van der Waals surface area contributed by atoms with Crippen molar-refractivity contribution in [3.63, 3.8) is 0 Å². The fraction of sp³-hybridized carbons (Fsp3) is 0.231. The summed E-state index contributed by atoms with van der Waals surface area (Å²) in [4.78, 5) is 35.1. The summed E-state index contributed by atoms with van der Waals surface area (Å²) in [6.07, 6.45) is 0. The van der Waals surface area contributed by atoms with Gasteiger partial charge in [0.05, 0.1) is 30.5 Å². The molecule has 9 heteroatoms. The zero-order valence-electron chi connectivity index (χ0n) is 19.5. The van der Waals surface area contributed by atoms with Crippen molar-refractivity contribution in [1.82, 2.24) is 4.98 Å². The Balaban J connectivity index is 1.88. The van der Waals surface area contributed by atoms with Gasteiger partial charge in [-0.05, 0) is 37.6 Å². The molecular weight excluding hydrogens is 507 g/mol. The van der Waals surface area contributed by atoms with E-state index in [4.69, 9.17) is 37.7 Å². The first-order valence-electron chi connectivity index (χ1n) is 10.7. The zero-order valence-corrected chi connectivity index (χ0v) is 21.8. The van der Waals surface area contributed by atoms with Crippen molar-refractivity contribution in [3.05, 3.63) is 74.7 Å². The molecule has 4 rings (SSSR count). The fourth-order valence-electron chi connectivity index (χ4n) is 4.36. The molecule has 2 aromatic carbocycles. The first kappa shape index (κ1) is 25.1. The summed E-state index contributed by atoms with van der Waals surface area (Å²) < 4.78 is 10.2. The van der Waals surface area contributed by atoms with Gasteiger partial charge in [0.2, 0.25) is 0 Å². The van der Waals surface area contributed by atoms with E-state index in [-0.39, 0.29) is 0 Å². The van der Waals surface area contributed by atoms with Crippen LogP contribution in [0.5, 0.6) is 0 Å². The van der Waals surface area contributed by atoms with Gasteiger partial charge in [-0.1, -0.05) is 47.5 Å². The number of nitrogens with zero attached hydrogens (tertiary/aromatic N) is 2. The van der Waals surface area contributed by atoms with Crippen molar-refractivity contribution in [2.45, 2.75) is 19.8 Å². The van der Waals surface area contributed by atoms with Crippen LogP contribution in [0.2, 0.25) is 10.0 Å². The van der Waals surface area contributed by atoms with Crippen molar-refractivity contribution in [2.75, 3.05) is 14.2 Å². The predicted octanol–water partition coefficient (Wildman–Crippen LogP) is 6.58. The zero-order chi connectivity index (χ0) is 25.3. The summed E-state index contributed by atoms with van der Waals surface area (Å²) in [7, 11) is 2.64. The summed E-state index contributed by atoms with van der Waals surface area (Å²) in [5.74, 6) is -2.47. The van der Waals surface area contributed by atoms with Gasteiger partial charge in [0.25, 0.3) is 0 Å². The predicted molar refractivity (Wildman–Crippen MR) is 139 cm³/mol. The molecule has 180 valence electrons. The van der Waals surface area contributed by atoms with Crippen LogP contribution in [0.25, 0.3) is 21.8 Å². The summed E-state index contributed by atoms with van der Waals surface area (Å²) in [6.45, 7) is 3.50. The Morgan fingerprint density at radius 1 is 1.00 bits per heavy atom. The van der Waals surface area contributed by atoms with Crippen LogP contribution in [-0.2, 0) is 19.1 Å². The molecule has 0 aliphatic carbocycles. The highest BCUT2D eigenvalue weighted by molar-refractivity contribution is 7.13. The minimum absolute atomic E-state index is 0.318. The van der Waals surface area contributed by atoms with E-state index in [1.807, 2.05) is 35.7 Å². The molecule has 0 spiro atoms. The van der Waals surface area contributed by atoms with Crippen LogP contribution in [0.1, 0.15) is 25.3 Å². The number of ether oxygens (including phenoxy) is 2. The number of hydrogen-bond acceptors (Lipinski definition) is 7. The lowest BCUT2D eigenvalue weighted by atomic mass is 9.74. The van der Waals surface area contributed by atoms with Gasteiger partial charge in [-0.15, -0.1) is 11.3 Å². The highest BCUT2D eigenvalue weighted by Gasteiger charge is 2.43. The molecule has 1 aliphatic heterocycles. The highest BCUT2D eigenvalue weighted by Crippen LogP contribution is 2.44. The number of methoxy groups -OCH3 is 2. The first-order chi connectivity index (χ1) is 16.8. The van der Waals surface area contributed by atoms with E-state index in [0.717, 1.165) is 16.7 Å². The third-order valence-electron chi connectivity index (χ3n) is 5.93. The Bertz CT molecular complexity index is 1380. The second kappa shape index (κ2) is 10.3. The Hall–Kier alpha value is -3.00. The Morgan fingerprint density at radius 3 is 2.43 bits per heavy atom. The molecule has 1 aromatic heterocycles. The van der Waals surface area contributed by atoms with Gasteiger partial charge in [-0.2, -0.15) is 0 Å². The van der Waals surface area contributed by atoms with Gasteiger partial charge in [-0.25, -0.2) is 9.78 Å². The van der Waals surface area contributed by atoms with E-state index in [2.05, 4.69) is 4.99 Å². The molecule has 35 heavy (non-hydrogen) atoms. The van der Waals surface area contributed by atoms with Gasteiger partial charge in [0.15, 0.2) is 0 Å². The van der Waals surface area contributed by atoms with Crippen LogP contribution in [0.15, 0.2) is 64.1 Å². The number of carbonyl (C=O) groups excluding carboxylic acids is 2. The number of rotatable bonds is 5. The second-order valence-corrected chi connectivity index (χ2v) is 9.67. The molecule has 2 atom stereocenters. The monoisotopic (exact) mass is 528 g/mol. The fourth-order valence-corrected chi connectivity index (χ4v) is 5.73. The Labute approximate surface area is 217 Å². The van der Waals surface area contributed by atoms with Gasteiger partial charge < -0.3 is 9.47 Å². The van der Waals surface area contributed by atoms with Gasteiger partial charge in [-0.3, -0.25) is 9.79 Å². The average Bonchev–Trinajstić information content (AvgIpc) is 3.32. The number of carbonyl (C=O) groups is 2. The van der Waals surface area contributed by atoms with E-state index < -0.39 is 23.8 Å². The van der Waals surface area contributed by atoms with Crippen LogP contribution in [0, 0.1) is 5.92 Å². The number of aromatic nitrogens is 1. The van der Waals surface area contributed by atoms with Crippen molar-refractivity contribution >= 4 is 52.2 Å². The maximum atomic E-state index is 12.9. The molecule has 0 radical (unpaired) electrons. The van der Waals surface area contributed by atoms with E-state index in [1.54, 1.807) is 26.0 Å². The number of aliphatic imine (C=N–C) groups is 1. The quantitative estimate of drug-likeness (QED) is 0.349. The molecule has 0 saturated heterocycles. The third-order valence-corrected chi connectivity index (χ3v) is 7.35. The number of hydrogen-bond donors (Lipinski definition) is 0. The molecule has 0 bridgehead atoms. The number of halogens is 2. The molecule has 0 amide bonds. The summed E-state index contributed by atoms with van der Waals surface area (Å²) in [5.41, 5.74) is 4.38. The van der Waals surface area contributed by atoms with Crippen LogP contribution in [-0.4, -0.2) is 36.9 Å². The number of esters is 2. The topological polar surface area (TPSA) is 77.8 Å². The molecule has 2 unspecified atom stereocenters. The van der Waals surface area contributed by atoms with Crippen molar-refractivity contribution in [1.29, 1.82) is 0 Å². The van der Waals surface area contributed by atoms with E-state index >= 15 is 0 Å². The van der Waals surface area contributed by atoms with E-state index in [1.165, 1.54) is 25.6 Å². The first-order valence-corrected chi connectivity index (χ1v) is 12.3. The number of benzene rings is 2. The molecule has 6 nitrogen and oxygen atoms in total. The smallest absolute Gasteiger partial charge is 0.336 e. The second-order valence-electron chi connectivity index (χ2n) is 7.97. The Kier molecular flexibility index (Phi) is 7.40. The summed E-state index contributed by atoms with van der Waals surface area (Å²) >= 11 is 13.9. The molecule has 3 aromatic rings. The van der Waals surface area contributed by atoms with Crippen LogP contribution >= 0.6 is 34.5 Å². The van der Waals surface area contributed by atoms with E-state index in [0.29, 0.717) is 37.7 Å². The van der Waals surface area contributed by atoms with Gasteiger partial charge in [0, 0.05) is 38.9 Å². The molecule has 0 fully saturated rings. The van der Waals surface area contributed by atoms with Gasteiger partial charge in [0.1, 0.15) is 10.9 Å². The highest BCUT2D eigenvalue weighted by atomic mass is 35.5. The minimum atomic E-state index is -0.788. The standard InChI is InChI=1S/C26H22Cl2N2O4S/c1-13-21(25(31)33-3)23(22(14(2)29-13)26(32)34-4)16-7-5-6-8-17(16)24-30-20(12-35-24)18-10-9-15(27)11-19(18)28/h5-12,21,23H,1-4H3. The lowest BCUT2D eigenvalue weighted by Gasteiger charge is -2.32. The lowest BCUT2D eigenvalue weighted by Crippen LogP contribution is -2.36. The van der Waals surface area contributed by atoms with Crippen LogP contribution < -0.4 is 0 Å². The average molecular weight is 529 g/mol. The molecule has 2 heterocycles. The van der Waals surface area contributed by atoms with Crippen LogP contribution in [0.3, 0.4) is 0 Å². The van der Waals surface area contributed by atoms with Crippen molar-refractivity contribution in [2.24, 2.45) is 10.9 Å². The maximum absolute atomic E-state index is 12.9. The molecular formula is C26H22Cl2N2O4S. The number of thiazole rings is 1. The largest absolute Gasteiger partial charge is 0.468 e. The van der Waals surface area contributed by atoms with Crippen molar-refractivity contribution in [3.8, 4) is 21.8 Å². The lowest BCUT2D eigenvalue weighted by molar-refractivity contribution is -0.143. The summed E-state index contributed by atoms with van der Waals surface area (Å²) in [5, 5.41) is 3.67. The van der Waals surface area contributed by atoms with Gasteiger partial charge >= 0.3 is 11.9 Å². The van der Waals surface area contributed by atoms with E-state index in [9.17, 15) is 9.59 Å². The normalized spacial score (nSPS) is 17.7. The van der Waals surface area contributed by atoms with Crippen molar-refractivity contribution < 1.29 is 19.1 Å².